The van der Waals surface area contributed by atoms with Crippen LogP contribution in [-0.2, 0) is 16.0 Å². The van der Waals surface area contributed by atoms with Crippen LogP contribution in [0.2, 0.25) is 0 Å². The first-order valence-electron chi connectivity index (χ1n) is 14.1. The van der Waals surface area contributed by atoms with Gasteiger partial charge in [0, 0.05) is 37.9 Å². The van der Waals surface area contributed by atoms with Gasteiger partial charge in [-0.15, -0.1) is 0 Å². The lowest BCUT2D eigenvalue weighted by atomic mass is 9.98. The minimum absolute atomic E-state index is 0.00385. The van der Waals surface area contributed by atoms with E-state index in [2.05, 4.69) is 27.5 Å². The van der Waals surface area contributed by atoms with Gasteiger partial charge in [0.2, 0.25) is 17.7 Å². The number of nitrogens with one attached hydrogen (secondary N) is 1. The molecule has 1 aliphatic heterocycles. The second kappa shape index (κ2) is 12.0. The third-order valence-corrected chi connectivity index (χ3v) is 8.49. The Morgan fingerprint density at radius 1 is 1.03 bits per heavy atom. The molecule has 2 saturated carbocycles. The third kappa shape index (κ3) is 6.16. The average molecular weight is 493 g/mol. The molecule has 0 spiro atoms. The van der Waals surface area contributed by atoms with E-state index in [0.717, 1.165) is 44.2 Å². The summed E-state index contributed by atoms with van der Waals surface area (Å²) in [6, 6.07) is 10.0. The van der Waals surface area contributed by atoms with E-state index in [9.17, 15) is 9.59 Å². The Morgan fingerprint density at radius 3 is 2.67 bits per heavy atom. The number of carbonyl (C=O) groups is 2. The molecule has 1 N–H and O–H groups in total. The molecule has 3 fully saturated rings. The molecule has 36 heavy (non-hydrogen) atoms. The van der Waals surface area contributed by atoms with Gasteiger partial charge < -0.3 is 14.7 Å². The molecule has 2 aromatic rings. The lowest BCUT2D eigenvalue weighted by molar-refractivity contribution is -0.136. The topological polar surface area (TPSA) is 88.3 Å². The van der Waals surface area contributed by atoms with E-state index in [1.165, 1.54) is 25.7 Å². The third-order valence-electron chi connectivity index (χ3n) is 8.49. The van der Waals surface area contributed by atoms with Crippen molar-refractivity contribution in [1.29, 1.82) is 0 Å². The maximum absolute atomic E-state index is 13.5. The summed E-state index contributed by atoms with van der Waals surface area (Å²) in [6.45, 7) is 1.46. The predicted molar refractivity (Wildman–Crippen MR) is 137 cm³/mol. The quantitative estimate of drug-likeness (QED) is 0.612. The second-order valence-corrected chi connectivity index (χ2v) is 11.0. The fourth-order valence-electron chi connectivity index (χ4n) is 6.48. The molecule has 7 nitrogen and oxygen atoms in total. The van der Waals surface area contributed by atoms with Crippen LogP contribution in [0.4, 0.5) is 0 Å². The SMILES string of the molecule is O=C1NCCCCCCN(C(=O)CCC2CCCC2)[C@H]2C[C@H](c3nc(Cc4ccccc4)no3)C[C@@H]12. The van der Waals surface area contributed by atoms with E-state index >= 15 is 0 Å². The van der Waals surface area contributed by atoms with Gasteiger partial charge in [0.05, 0.1) is 5.92 Å². The number of benzene rings is 1. The van der Waals surface area contributed by atoms with Crippen molar-refractivity contribution >= 4 is 11.8 Å². The van der Waals surface area contributed by atoms with Crippen molar-refractivity contribution in [3.05, 3.63) is 47.6 Å². The van der Waals surface area contributed by atoms with Gasteiger partial charge in [-0.1, -0.05) is 74.0 Å². The monoisotopic (exact) mass is 492 g/mol. The summed E-state index contributed by atoms with van der Waals surface area (Å²) in [7, 11) is 0. The van der Waals surface area contributed by atoms with Crippen LogP contribution in [0, 0.1) is 11.8 Å². The Morgan fingerprint density at radius 2 is 1.83 bits per heavy atom. The van der Waals surface area contributed by atoms with Crippen LogP contribution in [0.15, 0.2) is 34.9 Å². The summed E-state index contributed by atoms with van der Waals surface area (Å²) in [6.07, 6.45) is 12.8. The van der Waals surface area contributed by atoms with Gasteiger partial charge in [0.25, 0.3) is 0 Å². The number of nitrogens with zero attached hydrogens (tertiary/aromatic N) is 3. The van der Waals surface area contributed by atoms with E-state index in [1.807, 2.05) is 18.2 Å². The van der Waals surface area contributed by atoms with Crippen LogP contribution in [0.5, 0.6) is 0 Å². The zero-order valence-corrected chi connectivity index (χ0v) is 21.4. The van der Waals surface area contributed by atoms with Crippen molar-refractivity contribution < 1.29 is 14.1 Å². The number of amides is 2. The second-order valence-electron chi connectivity index (χ2n) is 11.0. The van der Waals surface area contributed by atoms with Crippen molar-refractivity contribution in [3.8, 4) is 0 Å². The molecule has 2 amide bonds. The standard InChI is InChI=1S/C29H40N4O3/c34-27(15-14-21-10-6-7-11-21)33-17-9-2-1-8-16-30-28(35)24-19-23(20-25(24)33)29-31-26(32-36-29)18-22-12-4-3-5-13-22/h3-5,12-13,21,23-25H,1-2,6-11,14-20H2,(H,30,35)/t23-,24-,25+/m1/s1. The highest BCUT2D eigenvalue weighted by molar-refractivity contribution is 5.82. The van der Waals surface area contributed by atoms with Crippen molar-refractivity contribution in [2.75, 3.05) is 13.1 Å². The van der Waals surface area contributed by atoms with Gasteiger partial charge in [-0.25, -0.2) is 0 Å². The largest absolute Gasteiger partial charge is 0.356 e. The highest BCUT2D eigenvalue weighted by Gasteiger charge is 2.45. The zero-order valence-electron chi connectivity index (χ0n) is 21.4. The van der Waals surface area contributed by atoms with Crippen molar-refractivity contribution in [2.45, 2.75) is 95.4 Å². The molecule has 0 radical (unpaired) electrons. The van der Waals surface area contributed by atoms with Gasteiger partial charge in [0.15, 0.2) is 5.82 Å². The zero-order chi connectivity index (χ0) is 24.7. The van der Waals surface area contributed by atoms with Crippen LogP contribution in [0.1, 0.15) is 100 Å². The summed E-state index contributed by atoms with van der Waals surface area (Å²) in [5, 5.41) is 7.39. The summed E-state index contributed by atoms with van der Waals surface area (Å²) >= 11 is 0. The van der Waals surface area contributed by atoms with Gasteiger partial charge >= 0.3 is 0 Å². The molecule has 194 valence electrons. The molecule has 0 bridgehead atoms. The van der Waals surface area contributed by atoms with E-state index in [1.54, 1.807) is 0 Å². The number of carbonyl (C=O) groups excluding carboxylic acids is 2. The van der Waals surface area contributed by atoms with Crippen LogP contribution in [-0.4, -0.2) is 46.0 Å². The normalized spacial score (nSPS) is 25.8. The summed E-state index contributed by atoms with van der Waals surface area (Å²) in [4.78, 5) is 33.6. The minimum atomic E-state index is -0.229. The molecule has 1 aromatic heterocycles. The molecule has 3 atom stereocenters. The maximum Gasteiger partial charge on any atom is 0.229 e. The fourth-order valence-corrected chi connectivity index (χ4v) is 6.48. The average Bonchev–Trinajstić information content (AvgIpc) is 3.65. The van der Waals surface area contributed by atoms with Gasteiger partial charge in [-0.3, -0.25) is 9.59 Å². The maximum atomic E-state index is 13.5. The lowest BCUT2D eigenvalue weighted by Crippen LogP contribution is -2.47. The van der Waals surface area contributed by atoms with Crippen LogP contribution < -0.4 is 5.32 Å². The summed E-state index contributed by atoms with van der Waals surface area (Å²) in [5.74, 6) is 2.02. The van der Waals surface area contributed by atoms with Crippen LogP contribution >= 0.6 is 0 Å². The molecular weight excluding hydrogens is 452 g/mol. The van der Waals surface area contributed by atoms with Crippen molar-refractivity contribution in [2.24, 2.45) is 11.8 Å². The summed E-state index contributed by atoms with van der Waals surface area (Å²) in [5.41, 5.74) is 1.14. The van der Waals surface area contributed by atoms with Crippen molar-refractivity contribution in [3.63, 3.8) is 0 Å². The molecular formula is C29H40N4O3. The molecule has 7 heteroatoms. The molecule has 1 aromatic carbocycles. The first-order valence-corrected chi connectivity index (χ1v) is 14.1. The number of fused-ring (bicyclic) bond motifs is 1. The van der Waals surface area contributed by atoms with E-state index < -0.39 is 0 Å². The molecule has 5 rings (SSSR count). The van der Waals surface area contributed by atoms with Gasteiger partial charge in [0.1, 0.15) is 0 Å². The van der Waals surface area contributed by atoms with Crippen LogP contribution in [0.3, 0.4) is 0 Å². The Bertz CT molecular complexity index is 1000. The Labute approximate surface area is 214 Å². The Balaban J connectivity index is 1.31. The van der Waals surface area contributed by atoms with Gasteiger partial charge in [-0.2, -0.15) is 4.98 Å². The fraction of sp³-hybridized carbons (Fsp3) is 0.655. The molecule has 2 aliphatic carbocycles. The number of aromatic nitrogens is 2. The Kier molecular flexibility index (Phi) is 8.34. The minimum Gasteiger partial charge on any atom is -0.356 e. The number of rotatable bonds is 6. The molecule has 0 unspecified atom stereocenters. The lowest BCUT2D eigenvalue weighted by Gasteiger charge is -2.33. The first-order chi connectivity index (χ1) is 17.7. The van der Waals surface area contributed by atoms with Crippen LogP contribution in [0.25, 0.3) is 0 Å². The molecule has 2 heterocycles. The number of hydrogen-bond donors (Lipinski definition) is 1. The predicted octanol–water partition coefficient (Wildman–Crippen LogP) is 5.01. The van der Waals surface area contributed by atoms with Gasteiger partial charge in [-0.05, 0) is 43.6 Å². The number of hydrogen-bond acceptors (Lipinski definition) is 5. The van der Waals surface area contributed by atoms with E-state index in [4.69, 9.17) is 9.51 Å². The smallest absolute Gasteiger partial charge is 0.229 e. The highest BCUT2D eigenvalue weighted by Crippen LogP contribution is 2.41. The van der Waals surface area contributed by atoms with E-state index in [0.29, 0.717) is 49.9 Å². The Hall–Kier alpha value is -2.70. The molecule has 1 saturated heterocycles. The summed E-state index contributed by atoms with van der Waals surface area (Å²) < 4.78 is 5.71. The first kappa shape index (κ1) is 25.0. The highest BCUT2D eigenvalue weighted by atomic mass is 16.5. The molecule has 3 aliphatic rings. The van der Waals surface area contributed by atoms with Crippen molar-refractivity contribution in [1.82, 2.24) is 20.4 Å². The van der Waals surface area contributed by atoms with E-state index in [-0.39, 0.29) is 29.7 Å².